The summed E-state index contributed by atoms with van der Waals surface area (Å²) >= 11 is 0. The van der Waals surface area contributed by atoms with Crippen LogP contribution in [0.15, 0.2) is 0 Å². The van der Waals surface area contributed by atoms with Crippen LogP contribution in [0.2, 0.25) is 0 Å². The summed E-state index contributed by atoms with van der Waals surface area (Å²) in [7, 11) is -2.78. The van der Waals surface area contributed by atoms with Crippen molar-refractivity contribution in [3.8, 4) is 0 Å². The number of carbonyl (C=O) groups is 1. The van der Waals surface area contributed by atoms with Crippen LogP contribution in [-0.4, -0.2) is 31.3 Å². The minimum atomic E-state index is -4.18. The van der Waals surface area contributed by atoms with Gasteiger partial charge in [-0.05, 0) is 19.3 Å². The molecule has 5 nitrogen and oxygen atoms in total. The van der Waals surface area contributed by atoms with Crippen LogP contribution in [0.3, 0.4) is 0 Å². The maximum atomic E-state index is 11.4. The number of rotatable bonds is 17. The summed E-state index contributed by atoms with van der Waals surface area (Å²) in [5.74, 6) is -0.168. The van der Waals surface area contributed by atoms with Gasteiger partial charge in [0, 0.05) is 11.7 Å². The van der Waals surface area contributed by atoms with Crippen molar-refractivity contribution in [2.75, 3.05) is 7.11 Å². The number of esters is 1. The number of ether oxygens (including phenoxy) is 1. The van der Waals surface area contributed by atoms with Crippen LogP contribution in [0.5, 0.6) is 0 Å². The smallest absolute Gasteiger partial charge is 0.748 e. The van der Waals surface area contributed by atoms with Crippen molar-refractivity contribution >= 4 is 16.1 Å². The van der Waals surface area contributed by atoms with Gasteiger partial charge < -0.3 is 9.29 Å². The van der Waals surface area contributed by atoms with Gasteiger partial charge in [-0.25, -0.2) is 8.42 Å². The summed E-state index contributed by atoms with van der Waals surface area (Å²) in [6.45, 7) is 2.17. The van der Waals surface area contributed by atoms with E-state index in [9.17, 15) is 17.8 Å². The van der Waals surface area contributed by atoms with E-state index in [0.717, 1.165) is 57.8 Å². The SMILES string of the molecule is CCCCCCCCC(CCCCCCCCC(=O)OC)S(=O)(=O)[O-].[Na+]. The molecule has 0 spiro atoms. The van der Waals surface area contributed by atoms with Crippen molar-refractivity contribution < 1.29 is 52.1 Å². The van der Waals surface area contributed by atoms with Crippen molar-refractivity contribution in [3.05, 3.63) is 0 Å². The molecular weight excluding hydrogens is 363 g/mol. The maximum Gasteiger partial charge on any atom is 1.00 e. The molecule has 0 fully saturated rings. The summed E-state index contributed by atoms with van der Waals surface area (Å²) in [5.41, 5.74) is 0. The number of carbonyl (C=O) groups excluding carboxylic acids is 1. The normalized spacial score (nSPS) is 12.4. The van der Waals surface area contributed by atoms with Gasteiger partial charge in [0.1, 0.15) is 0 Å². The van der Waals surface area contributed by atoms with E-state index in [2.05, 4.69) is 11.7 Å². The van der Waals surface area contributed by atoms with E-state index in [1.807, 2.05) is 0 Å². The molecule has 0 aliphatic carbocycles. The predicted octanol–water partition coefficient (Wildman–Crippen LogP) is 1.95. The molecule has 1 atom stereocenters. The Bertz CT molecular complexity index is 426. The molecule has 0 aliphatic heterocycles. The van der Waals surface area contributed by atoms with E-state index in [-0.39, 0.29) is 35.5 Å². The van der Waals surface area contributed by atoms with Crippen LogP contribution in [0.1, 0.15) is 103 Å². The number of methoxy groups -OCH3 is 1. The van der Waals surface area contributed by atoms with E-state index in [0.29, 0.717) is 19.3 Å². The van der Waals surface area contributed by atoms with Crippen molar-refractivity contribution in [1.82, 2.24) is 0 Å². The zero-order valence-electron chi connectivity index (χ0n) is 17.1. The number of unbranched alkanes of at least 4 members (excludes halogenated alkanes) is 10. The molecule has 1 unspecified atom stereocenters. The monoisotopic (exact) mass is 400 g/mol. The molecule has 26 heavy (non-hydrogen) atoms. The summed E-state index contributed by atoms with van der Waals surface area (Å²) in [6, 6.07) is 0. The van der Waals surface area contributed by atoms with Crippen LogP contribution in [-0.2, 0) is 19.6 Å². The minimum absolute atomic E-state index is 0. The van der Waals surface area contributed by atoms with Gasteiger partial charge in [-0.1, -0.05) is 77.6 Å². The van der Waals surface area contributed by atoms with Gasteiger partial charge in [0.15, 0.2) is 0 Å². The summed E-state index contributed by atoms with van der Waals surface area (Å²) in [5, 5.41) is -0.710. The van der Waals surface area contributed by atoms with Crippen molar-refractivity contribution in [2.24, 2.45) is 0 Å². The Kier molecular flexibility index (Phi) is 20.6. The molecule has 0 aromatic rings. The quantitative estimate of drug-likeness (QED) is 0.161. The molecule has 0 rings (SSSR count). The topological polar surface area (TPSA) is 83.5 Å². The van der Waals surface area contributed by atoms with Gasteiger partial charge in [-0.2, -0.15) is 0 Å². The van der Waals surface area contributed by atoms with E-state index in [1.165, 1.54) is 26.4 Å². The third-order valence-electron chi connectivity index (χ3n) is 4.67. The zero-order valence-corrected chi connectivity index (χ0v) is 19.9. The van der Waals surface area contributed by atoms with Gasteiger partial charge >= 0.3 is 35.5 Å². The van der Waals surface area contributed by atoms with Gasteiger partial charge in [0.25, 0.3) is 0 Å². The van der Waals surface area contributed by atoms with Crippen LogP contribution >= 0.6 is 0 Å². The first-order valence-corrected chi connectivity index (χ1v) is 11.4. The molecule has 0 bridgehead atoms. The summed E-state index contributed by atoms with van der Waals surface area (Å²) in [6.07, 6.45) is 13.7. The molecule has 0 radical (unpaired) electrons. The fourth-order valence-corrected chi connectivity index (χ4v) is 3.95. The molecule has 150 valence electrons. The molecule has 0 aliphatic rings. The first-order chi connectivity index (χ1) is 11.9. The standard InChI is InChI=1S/C19H38O5S.Na/c1-3-4-5-6-9-12-15-18(25(21,22)23)16-13-10-7-8-11-14-17-19(20)24-2;/h18H,3-17H2,1-2H3,(H,21,22,23);/q;+1/p-1. The van der Waals surface area contributed by atoms with Gasteiger partial charge in [-0.3, -0.25) is 4.79 Å². The molecular formula is C19H37NaO5S. The Morgan fingerprint density at radius 2 is 1.27 bits per heavy atom. The second-order valence-corrected chi connectivity index (χ2v) is 8.56. The van der Waals surface area contributed by atoms with Crippen LogP contribution in [0.25, 0.3) is 0 Å². The average molecular weight is 401 g/mol. The third kappa shape index (κ3) is 17.8. The van der Waals surface area contributed by atoms with E-state index >= 15 is 0 Å². The molecule has 0 heterocycles. The Hall–Kier alpha value is 0.380. The van der Waals surface area contributed by atoms with Gasteiger partial charge in [-0.15, -0.1) is 0 Å². The molecule has 0 saturated carbocycles. The van der Waals surface area contributed by atoms with E-state index in [1.54, 1.807) is 0 Å². The second kappa shape index (κ2) is 18.7. The molecule has 0 aromatic heterocycles. The average Bonchev–Trinajstić information content (AvgIpc) is 2.56. The summed E-state index contributed by atoms with van der Waals surface area (Å²) < 4.78 is 38.8. The fraction of sp³-hybridized carbons (Fsp3) is 0.947. The Morgan fingerprint density at radius 3 is 1.69 bits per heavy atom. The molecule has 0 amide bonds. The largest absolute Gasteiger partial charge is 1.00 e. The Labute approximate surface area is 183 Å². The van der Waals surface area contributed by atoms with Crippen molar-refractivity contribution in [3.63, 3.8) is 0 Å². The number of hydrogen-bond acceptors (Lipinski definition) is 5. The molecule has 0 N–H and O–H groups in total. The van der Waals surface area contributed by atoms with E-state index < -0.39 is 15.4 Å². The Balaban J connectivity index is 0. The molecule has 7 heteroatoms. The van der Waals surface area contributed by atoms with Crippen molar-refractivity contribution in [1.29, 1.82) is 0 Å². The Morgan fingerprint density at radius 1 is 0.846 bits per heavy atom. The van der Waals surface area contributed by atoms with Crippen LogP contribution in [0, 0.1) is 0 Å². The first kappa shape index (κ1) is 28.6. The second-order valence-electron chi connectivity index (χ2n) is 6.91. The van der Waals surface area contributed by atoms with Crippen LogP contribution in [0.4, 0.5) is 0 Å². The van der Waals surface area contributed by atoms with Crippen molar-refractivity contribution in [2.45, 2.75) is 108 Å². The third-order valence-corrected chi connectivity index (χ3v) is 5.96. The number of hydrogen-bond donors (Lipinski definition) is 0. The maximum absolute atomic E-state index is 11.4. The van der Waals surface area contributed by atoms with Gasteiger partial charge in [0.05, 0.1) is 17.2 Å². The summed E-state index contributed by atoms with van der Waals surface area (Å²) in [4.78, 5) is 11.0. The fourth-order valence-electron chi connectivity index (χ4n) is 3.04. The minimum Gasteiger partial charge on any atom is -0.748 e. The predicted molar refractivity (Wildman–Crippen MR) is 100 cm³/mol. The van der Waals surface area contributed by atoms with Crippen LogP contribution < -0.4 is 29.6 Å². The molecule has 0 aromatic carbocycles. The zero-order chi connectivity index (χ0) is 19.0. The first-order valence-electron chi connectivity index (χ1n) is 9.93. The molecule has 0 saturated heterocycles. The van der Waals surface area contributed by atoms with Gasteiger partial charge in [0.2, 0.25) is 0 Å². The van der Waals surface area contributed by atoms with E-state index in [4.69, 9.17) is 0 Å².